The van der Waals surface area contributed by atoms with E-state index in [1.165, 1.54) is 21.7 Å². The lowest BCUT2D eigenvalue weighted by molar-refractivity contribution is 0.447. The topological polar surface area (TPSA) is 16.1 Å². The van der Waals surface area contributed by atoms with Crippen molar-refractivity contribution < 1.29 is 0 Å². The summed E-state index contributed by atoms with van der Waals surface area (Å²) in [5, 5.41) is 3.70. The van der Waals surface area contributed by atoms with Gasteiger partial charge >= 0.3 is 0 Å². The van der Waals surface area contributed by atoms with E-state index in [2.05, 4.69) is 66.7 Å². The summed E-state index contributed by atoms with van der Waals surface area (Å²) in [7, 11) is 2.09. The first-order valence-corrected chi connectivity index (χ1v) is 6.51. The maximum Gasteiger partial charge on any atom is 0.0787 e. The molecule has 19 heavy (non-hydrogen) atoms. The minimum Gasteiger partial charge on any atom is -0.376 e. The van der Waals surface area contributed by atoms with E-state index in [0.29, 0.717) is 0 Å². The van der Waals surface area contributed by atoms with Gasteiger partial charge in [-0.05, 0) is 23.1 Å². The number of hydrogen-bond donors (Lipinski definition) is 0. The molecule has 0 atom stereocenters. The van der Waals surface area contributed by atoms with Gasteiger partial charge in [-0.1, -0.05) is 36.4 Å². The minimum absolute atomic E-state index is 0.932. The van der Waals surface area contributed by atoms with Crippen LogP contribution in [0.2, 0.25) is 0 Å². The largest absolute Gasteiger partial charge is 0.376 e. The van der Waals surface area contributed by atoms with Crippen LogP contribution in [0.5, 0.6) is 0 Å². The van der Waals surface area contributed by atoms with Crippen molar-refractivity contribution in [2.24, 2.45) is 0 Å². The molecule has 92 valence electrons. The van der Waals surface area contributed by atoms with Crippen LogP contribution in [0.1, 0.15) is 11.3 Å². The summed E-state index contributed by atoms with van der Waals surface area (Å²) in [5.74, 6) is 0. The van der Waals surface area contributed by atoms with Crippen molar-refractivity contribution in [1.82, 2.24) is 9.88 Å². The molecule has 0 radical (unpaired) electrons. The van der Waals surface area contributed by atoms with Gasteiger partial charge in [0.15, 0.2) is 0 Å². The first-order chi connectivity index (χ1) is 9.31. The molecule has 1 aromatic heterocycles. The molecule has 1 aliphatic heterocycles. The zero-order valence-electron chi connectivity index (χ0n) is 10.8. The van der Waals surface area contributed by atoms with E-state index in [4.69, 9.17) is 4.98 Å². The lowest BCUT2D eigenvalue weighted by Crippen LogP contribution is -2.15. The highest BCUT2D eigenvalue weighted by Crippen LogP contribution is 2.27. The van der Waals surface area contributed by atoms with Gasteiger partial charge in [0.2, 0.25) is 0 Å². The van der Waals surface area contributed by atoms with Gasteiger partial charge in [0.25, 0.3) is 0 Å². The van der Waals surface area contributed by atoms with Crippen LogP contribution < -0.4 is 0 Å². The monoisotopic (exact) mass is 246 g/mol. The molecule has 0 aliphatic carbocycles. The lowest BCUT2D eigenvalue weighted by atomic mass is 10.0. The van der Waals surface area contributed by atoms with E-state index in [0.717, 1.165) is 17.8 Å². The van der Waals surface area contributed by atoms with Crippen LogP contribution in [0, 0.1) is 0 Å². The highest BCUT2D eigenvalue weighted by Gasteiger charge is 2.11. The molecule has 1 aliphatic rings. The average Bonchev–Trinajstić information content (AvgIpc) is 2.45. The average molecular weight is 246 g/mol. The molecule has 0 spiro atoms. The van der Waals surface area contributed by atoms with Crippen LogP contribution >= 0.6 is 0 Å². The third-order valence-corrected chi connectivity index (χ3v) is 3.73. The number of hydrogen-bond acceptors (Lipinski definition) is 2. The molecular weight excluding hydrogens is 232 g/mol. The maximum atomic E-state index is 4.86. The van der Waals surface area contributed by atoms with Crippen molar-refractivity contribution in [3.05, 3.63) is 59.9 Å². The van der Waals surface area contributed by atoms with Gasteiger partial charge in [0, 0.05) is 30.6 Å². The molecule has 2 nitrogen and oxygen atoms in total. The summed E-state index contributed by atoms with van der Waals surface area (Å²) in [5.41, 5.74) is 3.50. The van der Waals surface area contributed by atoms with E-state index in [1.807, 2.05) is 0 Å². The number of aromatic nitrogens is 1. The second kappa shape index (κ2) is 3.82. The molecule has 3 aromatic rings. The molecule has 0 unspecified atom stereocenters. The maximum absolute atomic E-state index is 4.86. The van der Waals surface area contributed by atoms with Crippen LogP contribution in [0.3, 0.4) is 0 Å². The highest BCUT2D eigenvalue weighted by atomic mass is 15.1. The molecule has 0 N–H and O–H groups in total. The van der Waals surface area contributed by atoms with Gasteiger partial charge in [-0.15, -0.1) is 0 Å². The summed E-state index contributed by atoms with van der Waals surface area (Å²) < 4.78 is 0. The van der Waals surface area contributed by atoms with Crippen molar-refractivity contribution in [3.63, 3.8) is 0 Å². The zero-order valence-corrected chi connectivity index (χ0v) is 10.8. The van der Waals surface area contributed by atoms with Gasteiger partial charge < -0.3 is 4.90 Å². The summed E-state index contributed by atoms with van der Waals surface area (Å²) in [6.07, 6.45) is 4.19. The van der Waals surface area contributed by atoms with Crippen molar-refractivity contribution in [2.45, 2.75) is 6.54 Å². The minimum atomic E-state index is 0.932. The van der Waals surface area contributed by atoms with Gasteiger partial charge in [0.05, 0.1) is 11.2 Å². The van der Waals surface area contributed by atoms with Crippen LogP contribution in [-0.4, -0.2) is 16.9 Å². The van der Waals surface area contributed by atoms with E-state index < -0.39 is 0 Å². The van der Waals surface area contributed by atoms with Crippen molar-refractivity contribution in [2.75, 3.05) is 7.05 Å². The van der Waals surface area contributed by atoms with Crippen LogP contribution in [0.15, 0.2) is 48.7 Å². The van der Waals surface area contributed by atoms with E-state index in [-0.39, 0.29) is 0 Å². The quantitative estimate of drug-likeness (QED) is 0.561. The van der Waals surface area contributed by atoms with Crippen molar-refractivity contribution in [1.29, 1.82) is 0 Å². The molecule has 2 aromatic carbocycles. The standard InChI is InChI=1S/C17H14N2/c1-19-9-8-16-14(11-19)10-13-7-6-12-4-2-3-5-15(12)17(13)18-16/h2-10H,11H2,1H3. The van der Waals surface area contributed by atoms with Crippen molar-refractivity contribution >= 4 is 27.8 Å². The van der Waals surface area contributed by atoms with Gasteiger partial charge in [0.1, 0.15) is 0 Å². The summed E-state index contributed by atoms with van der Waals surface area (Å²) in [4.78, 5) is 7.04. The number of fused-ring (bicyclic) bond motifs is 4. The van der Waals surface area contributed by atoms with Crippen LogP contribution in [0.4, 0.5) is 0 Å². The Bertz CT molecular complexity index is 818. The molecule has 0 saturated heterocycles. The van der Waals surface area contributed by atoms with Gasteiger partial charge in [-0.25, -0.2) is 4.98 Å². The number of rotatable bonds is 0. The molecule has 4 rings (SSSR count). The predicted octanol–water partition coefficient (Wildman–Crippen LogP) is 3.80. The second-order valence-electron chi connectivity index (χ2n) is 5.12. The van der Waals surface area contributed by atoms with E-state index in [1.54, 1.807) is 0 Å². The molecule has 0 amide bonds. The molecule has 2 heterocycles. The van der Waals surface area contributed by atoms with Crippen molar-refractivity contribution in [3.8, 4) is 0 Å². The predicted molar refractivity (Wildman–Crippen MR) is 79.8 cm³/mol. The summed E-state index contributed by atoms with van der Waals surface area (Å²) >= 11 is 0. The highest BCUT2D eigenvalue weighted by molar-refractivity contribution is 6.05. The Morgan fingerprint density at radius 1 is 1.05 bits per heavy atom. The first kappa shape index (κ1) is 10.6. The number of nitrogens with zero attached hydrogens (tertiary/aromatic N) is 2. The first-order valence-electron chi connectivity index (χ1n) is 6.51. The fourth-order valence-corrected chi connectivity index (χ4v) is 2.76. The number of benzene rings is 2. The molecule has 0 bridgehead atoms. The number of pyridine rings is 1. The smallest absolute Gasteiger partial charge is 0.0787 e. The molecule has 0 fully saturated rings. The van der Waals surface area contributed by atoms with Gasteiger partial charge in [-0.2, -0.15) is 0 Å². The summed E-state index contributed by atoms with van der Waals surface area (Å²) in [6.45, 7) is 0.932. The Labute approximate surface area is 112 Å². The molecular formula is C17H14N2. The van der Waals surface area contributed by atoms with Gasteiger partial charge in [-0.3, -0.25) is 0 Å². The Kier molecular flexibility index (Phi) is 2.12. The molecule has 0 saturated carbocycles. The normalized spacial score (nSPS) is 14.1. The zero-order chi connectivity index (χ0) is 12.8. The lowest BCUT2D eigenvalue weighted by Gasteiger charge is -2.20. The third-order valence-electron chi connectivity index (χ3n) is 3.73. The van der Waals surface area contributed by atoms with Crippen LogP contribution in [0.25, 0.3) is 27.8 Å². The molecule has 2 heteroatoms. The Morgan fingerprint density at radius 3 is 2.84 bits per heavy atom. The fourth-order valence-electron chi connectivity index (χ4n) is 2.76. The van der Waals surface area contributed by atoms with E-state index >= 15 is 0 Å². The Hall–Kier alpha value is -2.35. The third kappa shape index (κ3) is 1.60. The van der Waals surface area contributed by atoms with Crippen LogP contribution in [-0.2, 0) is 6.54 Å². The Morgan fingerprint density at radius 2 is 1.89 bits per heavy atom. The second-order valence-corrected chi connectivity index (χ2v) is 5.12. The Balaban J connectivity index is 2.09. The SMILES string of the molecule is CN1C=Cc2nc3c(ccc4ccccc43)cc2C1. The summed E-state index contributed by atoms with van der Waals surface area (Å²) in [6, 6.07) is 15.0. The fraction of sp³-hybridized carbons (Fsp3) is 0.118. The van der Waals surface area contributed by atoms with E-state index in [9.17, 15) is 0 Å².